The van der Waals surface area contributed by atoms with Gasteiger partial charge in [-0.15, -0.1) is 5.10 Å². The molecule has 0 bridgehead atoms. The maximum atomic E-state index is 11.2. The third-order valence-corrected chi connectivity index (χ3v) is 3.08. The molecule has 1 N–H and O–H groups in total. The molecule has 0 radical (unpaired) electrons. The van der Waals surface area contributed by atoms with Crippen LogP contribution in [0.4, 0.5) is 5.69 Å². The average molecular weight is 290 g/mol. The second-order valence-electron chi connectivity index (χ2n) is 4.58. The smallest absolute Gasteiger partial charge is 0.358 e. The molecule has 0 saturated heterocycles. The Morgan fingerprint density at radius 2 is 2.19 bits per heavy atom. The van der Waals surface area contributed by atoms with E-state index in [9.17, 15) is 14.9 Å². The van der Waals surface area contributed by atoms with E-state index >= 15 is 0 Å². The summed E-state index contributed by atoms with van der Waals surface area (Å²) in [5, 5.41) is 27.5. The van der Waals surface area contributed by atoms with Crippen LogP contribution in [0.25, 0.3) is 5.69 Å². The number of aryl methyl sites for hydroxylation is 1. The zero-order valence-corrected chi connectivity index (χ0v) is 11.6. The highest BCUT2D eigenvalue weighted by molar-refractivity contribution is 5.86. The number of aromatic carboxylic acids is 1. The van der Waals surface area contributed by atoms with Gasteiger partial charge in [0.2, 0.25) is 0 Å². The van der Waals surface area contributed by atoms with Crippen LogP contribution in [0, 0.1) is 17.0 Å². The van der Waals surface area contributed by atoms with Gasteiger partial charge in [0.25, 0.3) is 5.69 Å². The minimum Gasteiger partial charge on any atom is -0.476 e. The lowest BCUT2D eigenvalue weighted by Gasteiger charge is -2.09. The van der Waals surface area contributed by atoms with Gasteiger partial charge in [0, 0.05) is 12.1 Å². The first-order valence-electron chi connectivity index (χ1n) is 6.39. The second-order valence-corrected chi connectivity index (χ2v) is 4.58. The minimum atomic E-state index is -1.16. The molecule has 0 unspecified atom stereocenters. The highest BCUT2D eigenvalue weighted by Crippen LogP contribution is 2.23. The van der Waals surface area contributed by atoms with Crippen LogP contribution in [0.5, 0.6) is 0 Å². The Morgan fingerprint density at radius 3 is 2.76 bits per heavy atom. The fraction of sp³-hybridized carbons (Fsp3) is 0.308. The quantitative estimate of drug-likeness (QED) is 0.667. The standard InChI is InChI=1S/C13H14N4O4/c1-3-4-10-12(13(18)19)14-15-16(10)11-7-9(17(20)21)6-5-8(11)2/h5-7H,3-4H2,1-2H3,(H,18,19). The normalized spacial score (nSPS) is 10.6. The summed E-state index contributed by atoms with van der Waals surface area (Å²) in [5.74, 6) is -1.16. The van der Waals surface area contributed by atoms with E-state index in [0.29, 0.717) is 24.2 Å². The zero-order chi connectivity index (χ0) is 15.6. The minimum absolute atomic E-state index is 0.0783. The topological polar surface area (TPSA) is 111 Å². The van der Waals surface area contributed by atoms with Crippen LogP contribution in [-0.2, 0) is 6.42 Å². The first-order chi connectivity index (χ1) is 9.95. The van der Waals surface area contributed by atoms with Crippen molar-refractivity contribution in [2.75, 3.05) is 0 Å². The molecule has 0 aliphatic rings. The molecule has 21 heavy (non-hydrogen) atoms. The summed E-state index contributed by atoms with van der Waals surface area (Å²) in [6, 6.07) is 4.37. The van der Waals surface area contributed by atoms with E-state index in [2.05, 4.69) is 10.3 Å². The van der Waals surface area contributed by atoms with E-state index in [1.54, 1.807) is 13.0 Å². The molecule has 2 aromatic rings. The predicted octanol–water partition coefficient (Wildman–Crippen LogP) is 2.13. The Morgan fingerprint density at radius 1 is 1.48 bits per heavy atom. The van der Waals surface area contributed by atoms with Crippen molar-refractivity contribution < 1.29 is 14.8 Å². The van der Waals surface area contributed by atoms with E-state index in [0.717, 1.165) is 5.56 Å². The summed E-state index contributed by atoms with van der Waals surface area (Å²) < 4.78 is 1.37. The summed E-state index contributed by atoms with van der Waals surface area (Å²) >= 11 is 0. The van der Waals surface area contributed by atoms with Crippen LogP contribution in [0.3, 0.4) is 0 Å². The third-order valence-electron chi connectivity index (χ3n) is 3.08. The van der Waals surface area contributed by atoms with E-state index in [-0.39, 0.29) is 11.4 Å². The van der Waals surface area contributed by atoms with Crippen molar-refractivity contribution in [2.24, 2.45) is 0 Å². The van der Waals surface area contributed by atoms with Crippen molar-refractivity contribution in [2.45, 2.75) is 26.7 Å². The summed E-state index contributed by atoms with van der Waals surface area (Å²) in [6.07, 6.45) is 1.18. The molecule has 8 heteroatoms. The lowest BCUT2D eigenvalue weighted by atomic mass is 10.1. The van der Waals surface area contributed by atoms with Crippen molar-refractivity contribution in [1.82, 2.24) is 15.0 Å². The van der Waals surface area contributed by atoms with Gasteiger partial charge >= 0.3 is 5.97 Å². The molecule has 8 nitrogen and oxygen atoms in total. The van der Waals surface area contributed by atoms with Gasteiger partial charge in [0.15, 0.2) is 5.69 Å². The van der Waals surface area contributed by atoms with Gasteiger partial charge in [-0.1, -0.05) is 24.6 Å². The Kier molecular flexibility index (Phi) is 3.97. The highest BCUT2D eigenvalue weighted by Gasteiger charge is 2.21. The monoisotopic (exact) mass is 290 g/mol. The van der Waals surface area contributed by atoms with Crippen molar-refractivity contribution in [1.29, 1.82) is 0 Å². The number of nitro benzene ring substituents is 1. The number of carboxylic acid groups (broad SMARTS) is 1. The van der Waals surface area contributed by atoms with Crippen molar-refractivity contribution in [3.63, 3.8) is 0 Å². The van der Waals surface area contributed by atoms with Gasteiger partial charge in [0.1, 0.15) is 0 Å². The molecule has 0 amide bonds. The summed E-state index contributed by atoms with van der Waals surface area (Å²) in [5.41, 5.74) is 1.45. The average Bonchev–Trinajstić information content (AvgIpc) is 2.83. The number of carboxylic acids is 1. The van der Waals surface area contributed by atoms with Gasteiger partial charge < -0.3 is 5.11 Å². The molecule has 2 rings (SSSR count). The number of aromatic nitrogens is 3. The first kappa shape index (κ1) is 14.6. The molecule has 0 aliphatic heterocycles. The lowest BCUT2D eigenvalue weighted by Crippen LogP contribution is -2.08. The van der Waals surface area contributed by atoms with E-state index in [4.69, 9.17) is 5.11 Å². The maximum absolute atomic E-state index is 11.2. The van der Waals surface area contributed by atoms with Gasteiger partial charge in [-0.3, -0.25) is 10.1 Å². The number of hydrogen-bond donors (Lipinski definition) is 1. The summed E-state index contributed by atoms with van der Waals surface area (Å²) in [4.78, 5) is 21.6. The van der Waals surface area contributed by atoms with Crippen LogP contribution in [0.1, 0.15) is 35.1 Å². The Balaban J connectivity index is 2.63. The number of rotatable bonds is 5. The third kappa shape index (κ3) is 2.73. The van der Waals surface area contributed by atoms with Crippen LogP contribution in [-0.4, -0.2) is 31.0 Å². The van der Waals surface area contributed by atoms with E-state index < -0.39 is 10.9 Å². The Hall–Kier alpha value is -2.77. The largest absolute Gasteiger partial charge is 0.476 e. The fourth-order valence-corrected chi connectivity index (χ4v) is 2.06. The number of benzene rings is 1. The lowest BCUT2D eigenvalue weighted by molar-refractivity contribution is -0.384. The van der Waals surface area contributed by atoms with E-state index in [1.807, 2.05) is 6.92 Å². The fourth-order valence-electron chi connectivity index (χ4n) is 2.06. The Bertz CT molecular complexity index is 708. The van der Waals surface area contributed by atoms with Crippen LogP contribution in [0.2, 0.25) is 0 Å². The van der Waals surface area contributed by atoms with Crippen molar-refractivity contribution in [3.8, 4) is 5.69 Å². The van der Waals surface area contributed by atoms with Gasteiger partial charge in [0.05, 0.1) is 16.3 Å². The number of nitrogens with zero attached hydrogens (tertiary/aromatic N) is 4. The van der Waals surface area contributed by atoms with Crippen LogP contribution >= 0.6 is 0 Å². The molecule has 0 spiro atoms. The van der Waals surface area contributed by atoms with Crippen LogP contribution < -0.4 is 0 Å². The Labute approximate surface area is 120 Å². The number of carbonyl (C=O) groups is 1. The van der Waals surface area contributed by atoms with Gasteiger partial charge in [-0.25, -0.2) is 9.48 Å². The highest BCUT2D eigenvalue weighted by atomic mass is 16.6. The second kappa shape index (κ2) is 5.70. The molecule has 0 fully saturated rings. The van der Waals surface area contributed by atoms with E-state index in [1.165, 1.54) is 16.8 Å². The zero-order valence-electron chi connectivity index (χ0n) is 11.6. The summed E-state index contributed by atoms with van der Waals surface area (Å²) in [7, 11) is 0. The maximum Gasteiger partial charge on any atom is 0.358 e. The number of non-ortho nitro benzene ring substituents is 1. The van der Waals surface area contributed by atoms with Crippen LogP contribution in [0.15, 0.2) is 18.2 Å². The first-order valence-corrected chi connectivity index (χ1v) is 6.39. The number of nitro groups is 1. The van der Waals surface area contributed by atoms with Crippen molar-refractivity contribution in [3.05, 3.63) is 45.3 Å². The predicted molar refractivity (Wildman–Crippen MR) is 73.7 cm³/mol. The van der Waals surface area contributed by atoms with Crippen molar-refractivity contribution >= 4 is 11.7 Å². The summed E-state index contributed by atoms with van der Waals surface area (Å²) in [6.45, 7) is 3.68. The molecule has 0 atom stereocenters. The molecule has 110 valence electrons. The molecule has 1 heterocycles. The van der Waals surface area contributed by atoms with Gasteiger partial charge in [-0.05, 0) is 18.9 Å². The molecular weight excluding hydrogens is 276 g/mol. The molecule has 0 aliphatic carbocycles. The molecule has 1 aromatic heterocycles. The molecule has 1 aromatic carbocycles. The molecular formula is C13H14N4O4. The SMILES string of the molecule is CCCc1c(C(=O)O)nnn1-c1cc([N+](=O)[O-])ccc1C. The molecule has 0 saturated carbocycles. The number of hydrogen-bond acceptors (Lipinski definition) is 5. The van der Waals surface area contributed by atoms with Gasteiger partial charge in [-0.2, -0.15) is 0 Å².